The lowest BCUT2D eigenvalue weighted by Gasteiger charge is -1.90. The number of fused-ring (bicyclic) bond motifs is 1. The highest BCUT2D eigenvalue weighted by Crippen LogP contribution is 2.19. The van der Waals surface area contributed by atoms with Crippen molar-refractivity contribution in [3.63, 3.8) is 0 Å². The van der Waals surface area contributed by atoms with Crippen molar-refractivity contribution in [2.75, 3.05) is 0 Å². The van der Waals surface area contributed by atoms with Crippen LogP contribution in [0.25, 0.3) is 11.1 Å². The van der Waals surface area contributed by atoms with E-state index in [1.54, 1.807) is 24.3 Å². The molecule has 2 aromatic rings. The van der Waals surface area contributed by atoms with Crippen molar-refractivity contribution >= 4 is 24.8 Å². The fraction of sp³-hybridized carbons (Fsp3) is 0. The number of nitrogens with zero attached hydrogens (tertiary/aromatic N) is 1. The third-order valence-corrected chi connectivity index (χ3v) is 1.46. The predicted molar refractivity (Wildman–Crippen MR) is 45.8 cm³/mol. The van der Waals surface area contributed by atoms with E-state index in [2.05, 4.69) is 9.72 Å². The van der Waals surface area contributed by atoms with Crippen LogP contribution in [-0.2, 0) is 0 Å². The van der Waals surface area contributed by atoms with Gasteiger partial charge in [-0.3, -0.25) is 4.79 Å². The number of hydrogen-bond acceptors (Lipinski definition) is 4. The van der Waals surface area contributed by atoms with Crippen molar-refractivity contribution in [2.45, 2.75) is 0 Å². The maximum Gasteiger partial charge on any atom is 0.401 e. The average molecular weight is 173 g/mol. The Hall–Kier alpha value is -1.78. The van der Waals surface area contributed by atoms with Gasteiger partial charge >= 0.3 is 6.08 Å². The Morgan fingerprint density at radius 3 is 2.92 bits per heavy atom. The summed E-state index contributed by atoms with van der Waals surface area (Å²) < 4.78 is 9.50. The third kappa shape index (κ3) is 1.54. The van der Waals surface area contributed by atoms with Gasteiger partial charge < -0.3 is 9.15 Å². The number of hydrogen-bond donors (Lipinski definition) is 0. The summed E-state index contributed by atoms with van der Waals surface area (Å²) in [6, 6.07) is 7.06. The predicted octanol–water partition coefficient (Wildman–Crippen LogP) is 1.50. The van der Waals surface area contributed by atoms with Gasteiger partial charge in [-0.2, -0.15) is 4.98 Å². The van der Waals surface area contributed by atoms with Crippen molar-refractivity contribution in [1.29, 1.82) is 0 Å². The summed E-state index contributed by atoms with van der Waals surface area (Å²) in [5.41, 5.74) is 1.18. The molecule has 62 valence electrons. The van der Waals surface area contributed by atoms with Crippen LogP contribution in [0.1, 0.15) is 0 Å². The minimum atomic E-state index is -0.938. The van der Waals surface area contributed by atoms with E-state index in [9.17, 15) is 4.79 Å². The van der Waals surface area contributed by atoms with E-state index in [0.717, 1.165) is 0 Å². The molecule has 2 radical (unpaired) electrons. The molecule has 4 nitrogen and oxygen atoms in total. The second-order valence-corrected chi connectivity index (χ2v) is 2.37. The van der Waals surface area contributed by atoms with Crippen LogP contribution in [0.15, 0.2) is 28.7 Å². The standard InChI is InChI=1S/C8H4BNO3/c9-7(11)13-8-10-5-3-1-2-4-6(5)12-8/h1-4H. The first-order chi connectivity index (χ1) is 6.25. The minimum Gasteiger partial charge on any atom is -0.409 e. The van der Waals surface area contributed by atoms with Gasteiger partial charge in [-0.15, -0.1) is 0 Å². The van der Waals surface area contributed by atoms with Crippen molar-refractivity contribution in [3.05, 3.63) is 24.3 Å². The third-order valence-electron chi connectivity index (χ3n) is 1.46. The Morgan fingerprint density at radius 2 is 2.23 bits per heavy atom. The first-order valence-corrected chi connectivity index (χ1v) is 3.58. The van der Waals surface area contributed by atoms with Crippen LogP contribution in [0, 0.1) is 0 Å². The molecule has 5 heteroatoms. The van der Waals surface area contributed by atoms with Gasteiger partial charge in [0.15, 0.2) is 5.58 Å². The molecule has 0 aliphatic carbocycles. The second-order valence-electron chi connectivity index (χ2n) is 2.37. The summed E-state index contributed by atoms with van der Waals surface area (Å²) in [5.74, 6) is -0.938. The maximum atomic E-state index is 10.3. The van der Waals surface area contributed by atoms with E-state index in [4.69, 9.17) is 12.3 Å². The molecule has 0 spiro atoms. The SMILES string of the molecule is [B]C(=O)Oc1nc2ccccc2o1. The van der Waals surface area contributed by atoms with Gasteiger partial charge in [0, 0.05) is 0 Å². The molecular weight excluding hydrogens is 169 g/mol. The topological polar surface area (TPSA) is 52.3 Å². The molecule has 0 unspecified atom stereocenters. The summed E-state index contributed by atoms with van der Waals surface area (Å²) in [4.78, 5) is 14.2. The van der Waals surface area contributed by atoms with Gasteiger partial charge in [0.2, 0.25) is 13.7 Å². The zero-order valence-corrected chi connectivity index (χ0v) is 6.56. The van der Waals surface area contributed by atoms with Crippen LogP contribution in [0.5, 0.6) is 6.08 Å². The smallest absolute Gasteiger partial charge is 0.401 e. The molecule has 0 aliphatic rings. The number of para-hydroxylation sites is 2. The number of carbonyl (C=O) groups excluding carboxylic acids is 1. The quantitative estimate of drug-likeness (QED) is 0.613. The highest BCUT2D eigenvalue weighted by Gasteiger charge is 2.06. The molecular formula is C8H4BNO3. The second kappa shape index (κ2) is 2.93. The van der Waals surface area contributed by atoms with E-state index >= 15 is 0 Å². The Morgan fingerprint density at radius 1 is 1.46 bits per heavy atom. The molecule has 13 heavy (non-hydrogen) atoms. The van der Waals surface area contributed by atoms with E-state index in [1.165, 1.54) is 0 Å². The zero-order chi connectivity index (χ0) is 9.26. The van der Waals surface area contributed by atoms with Crippen LogP contribution < -0.4 is 4.74 Å². The monoisotopic (exact) mass is 173 g/mol. The maximum absolute atomic E-state index is 10.3. The van der Waals surface area contributed by atoms with E-state index in [0.29, 0.717) is 11.1 Å². The normalized spacial score (nSPS) is 10.2. The van der Waals surface area contributed by atoms with E-state index < -0.39 is 5.87 Å². The fourth-order valence-electron chi connectivity index (χ4n) is 0.981. The van der Waals surface area contributed by atoms with Crippen molar-refractivity contribution < 1.29 is 13.9 Å². The molecule has 1 aromatic heterocycles. The lowest BCUT2D eigenvalue weighted by atomic mass is 10.2. The summed E-state index contributed by atoms with van der Waals surface area (Å²) >= 11 is 0. The molecule has 0 atom stereocenters. The number of aromatic nitrogens is 1. The van der Waals surface area contributed by atoms with Crippen LogP contribution >= 0.6 is 0 Å². The Labute approximate surface area is 74.9 Å². The van der Waals surface area contributed by atoms with Crippen LogP contribution in [0.4, 0.5) is 4.79 Å². The van der Waals surface area contributed by atoms with Gasteiger partial charge in [0.1, 0.15) is 5.52 Å². The van der Waals surface area contributed by atoms with Crippen molar-refractivity contribution in [3.8, 4) is 6.08 Å². The molecule has 0 saturated heterocycles. The Kier molecular flexibility index (Phi) is 1.77. The van der Waals surface area contributed by atoms with E-state index in [-0.39, 0.29) is 6.08 Å². The first kappa shape index (κ1) is 7.85. The number of rotatable bonds is 1. The number of ether oxygens (including phenoxy) is 1. The van der Waals surface area contributed by atoms with Crippen molar-refractivity contribution in [2.24, 2.45) is 0 Å². The molecule has 2 rings (SSSR count). The molecule has 1 heterocycles. The van der Waals surface area contributed by atoms with Gasteiger partial charge in [-0.25, -0.2) is 0 Å². The van der Waals surface area contributed by atoms with Crippen LogP contribution in [0.3, 0.4) is 0 Å². The summed E-state index contributed by atoms with van der Waals surface area (Å²) in [6.45, 7) is 0. The van der Waals surface area contributed by atoms with Crippen LogP contribution in [-0.4, -0.2) is 18.7 Å². The minimum absolute atomic E-state index is 0.131. The summed E-state index contributed by atoms with van der Waals surface area (Å²) in [6.07, 6.45) is -0.131. The number of oxazole rings is 1. The van der Waals surface area contributed by atoms with Gasteiger partial charge in [-0.05, 0) is 12.1 Å². The van der Waals surface area contributed by atoms with Gasteiger partial charge in [-0.1, -0.05) is 12.1 Å². The van der Waals surface area contributed by atoms with Gasteiger partial charge in [0.05, 0.1) is 0 Å². The highest BCUT2D eigenvalue weighted by molar-refractivity contribution is 6.55. The molecule has 0 fully saturated rings. The van der Waals surface area contributed by atoms with Gasteiger partial charge in [0.25, 0.3) is 0 Å². The summed E-state index contributed by atoms with van der Waals surface area (Å²) in [7, 11) is 4.79. The largest absolute Gasteiger partial charge is 0.409 e. The molecule has 0 saturated carbocycles. The number of carbonyl (C=O) groups is 1. The summed E-state index contributed by atoms with van der Waals surface area (Å²) in [5, 5.41) is 0. The van der Waals surface area contributed by atoms with Crippen LogP contribution in [0.2, 0.25) is 0 Å². The Balaban J connectivity index is 2.44. The van der Waals surface area contributed by atoms with Crippen molar-refractivity contribution in [1.82, 2.24) is 4.98 Å². The molecule has 0 N–H and O–H groups in total. The van der Waals surface area contributed by atoms with E-state index in [1.807, 2.05) is 0 Å². The number of benzene rings is 1. The lowest BCUT2D eigenvalue weighted by Crippen LogP contribution is -2.03. The highest BCUT2D eigenvalue weighted by atomic mass is 16.6. The first-order valence-electron chi connectivity index (χ1n) is 3.58. The fourth-order valence-corrected chi connectivity index (χ4v) is 0.981. The zero-order valence-electron chi connectivity index (χ0n) is 6.56. The Bertz CT molecular complexity index is 418. The lowest BCUT2D eigenvalue weighted by molar-refractivity contribution is 0.211. The molecule has 0 amide bonds. The molecule has 0 aliphatic heterocycles. The molecule has 1 aromatic carbocycles. The molecule has 0 bridgehead atoms. The average Bonchev–Trinajstić information content (AvgIpc) is 2.44.